The van der Waals surface area contributed by atoms with E-state index < -0.39 is 5.92 Å². The highest BCUT2D eigenvalue weighted by Crippen LogP contribution is 2.36. The summed E-state index contributed by atoms with van der Waals surface area (Å²) in [5, 5.41) is 5.05. The van der Waals surface area contributed by atoms with E-state index in [1.165, 1.54) is 5.56 Å². The zero-order chi connectivity index (χ0) is 24.9. The number of likely N-dealkylation sites (tertiary alicyclic amines) is 1. The van der Waals surface area contributed by atoms with Gasteiger partial charge in [-0.1, -0.05) is 17.7 Å². The van der Waals surface area contributed by atoms with Crippen LogP contribution in [0.4, 0.5) is 13.6 Å². The van der Waals surface area contributed by atoms with Gasteiger partial charge in [-0.2, -0.15) is 0 Å². The third-order valence-corrected chi connectivity index (χ3v) is 7.84. The number of rotatable bonds is 2. The number of pyridine rings is 1. The highest BCUT2D eigenvalue weighted by Gasteiger charge is 2.37. The minimum atomic E-state index is -2.68. The summed E-state index contributed by atoms with van der Waals surface area (Å²) in [5.41, 5.74) is 6.15. The number of ether oxygens (including phenoxy) is 1. The number of urea groups is 1. The average molecular weight is 516 g/mol. The largest absolute Gasteiger partial charge is 0.378 e. The number of fused-ring (bicyclic) bond motifs is 2. The minimum Gasteiger partial charge on any atom is -0.378 e. The van der Waals surface area contributed by atoms with Crippen LogP contribution >= 0.6 is 11.6 Å². The SMILES string of the molecule is O=C(N1CCC(F)(F)CC1)N1CCc2cc(-c3cnc4[nH]cc(Cl)c4c3)cc([C@@H]3COCCN3)c2C1. The summed E-state index contributed by atoms with van der Waals surface area (Å²) in [6, 6.07) is 6.22. The first-order chi connectivity index (χ1) is 17.4. The summed E-state index contributed by atoms with van der Waals surface area (Å²) in [6.45, 7) is 3.15. The molecule has 0 unspecified atom stereocenters. The number of amides is 2. The molecule has 2 amide bonds. The molecule has 1 aromatic carbocycles. The first-order valence-electron chi connectivity index (χ1n) is 12.4. The molecular formula is C26H28ClF2N5O2. The number of halogens is 3. The molecule has 0 saturated carbocycles. The second kappa shape index (κ2) is 9.28. The Morgan fingerprint density at radius 1 is 1.14 bits per heavy atom. The van der Waals surface area contributed by atoms with Gasteiger partial charge in [-0.05, 0) is 40.8 Å². The molecular weight excluding hydrogens is 488 g/mol. The number of piperidine rings is 1. The Balaban J connectivity index is 1.33. The van der Waals surface area contributed by atoms with Crippen LogP contribution in [0.5, 0.6) is 0 Å². The van der Waals surface area contributed by atoms with Gasteiger partial charge >= 0.3 is 6.03 Å². The summed E-state index contributed by atoms with van der Waals surface area (Å²) in [7, 11) is 0. The van der Waals surface area contributed by atoms with Crippen LogP contribution < -0.4 is 5.32 Å². The van der Waals surface area contributed by atoms with Gasteiger partial charge < -0.3 is 24.8 Å². The molecule has 10 heteroatoms. The molecule has 2 aromatic heterocycles. The average Bonchev–Trinajstić information content (AvgIpc) is 3.27. The van der Waals surface area contributed by atoms with Crippen LogP contribution in [-0.2, 0) is 17.7 Å². The molecule has 6 rings (SSSR count). The van der Waals surface area contributed by atoms with Crippen molar-refractivity contribution >= 4 is 28.7 Å². The Kier molecular flexibility index (Phi) is 6.09. The number of aromatic amines is 1. The van der Waals surface area contributed by atoms with Gasteiger partial charge in [0.1, 0.15) is 5.65 Å². The molecule has 0 bridgehead atoms. The van der Waals surface area contributed by atoms with Crippen LogP contribution in [0.2, 0.25) is 5.02 Å². The lowest BCUT2D eigenvalue weighted by Gasteiger charge is -2.39. The van der Waals surface area contributed by atoms with Gasteiger partial charge in [0, 0.05) is 68.9 Å². The monoisotopic (exact) mass is 515 g/mol. The number of H-pyrrole nitrogens is 1. The second-order valence-electron chi connectivity index (χ2n) is 9.84. The number of hydrogen-bond acceptors (Lipinski definition) is 4. The van der Waals surface area contributed by atoms with E-state index in [1.807, 2.05) is 12.3 Å². The van der Waals surface area contributed by atoms with Gasteiger partial charge in [-0.25, -0.2) is 18.6 Å². The summed E-state index contributed by atoms with van der Waals surface area (Å²) in [5.74, 6) is -2.68. The van der Waals surface area contributed by atoms with Gasteiger partial charge in [-0.15, -0.1) is 0 Å². The van der Waals surface area contributed by atoms with Crippen molar-refractivity contribution in [2.24, 2.45) is 0 Å². The molecule has 3 aromatic rings. The summed E-state index contributed by atoms with van der Waals surface area (Å²) in [4.78, 5) is 24.2. The fourth-order valence-electron chi connectivity index (χ4n) is 5.46. The number of morpholine rings is 1. The number of aromatic nitrogens is 2. The first kappa shape index (κ1) is 23.6. The van der Waals surface area contributed by atoms with E-state index in [4.69, 9.17) is 16.3 Å². The molecule has 36 heavy (non-hydrogen) atoms. The van der Waals surface area contributed by atoms with Crippen molar-refractivity contribution < 1.29 is 18.3 Å². The van der Waals surface area contributed by atoms with Crippen molar-refractivity contribution in [3.05, 3.63) is 52.3 Å². The predicted octanol–water partition coefficient (Wildman–Crippen LogP) is 4.75. The standard InChI is InChI=1S/C26H28ClF2N5O2/c27-22-13-32-24-20(22)11-18(12-31-24)17-9-16-1-5-34(25(35)33-6-2-26(28,29)3-7-33)14-21(16)19(10-17)23-15-36-8-4-30-23/h9-13,23,30H,1-8,14-15H2,(H,31,32)/t23-/m0/s1. The summed E-state index contributed by atoms with van der Waals surface area (Å²) < 4.78 is 33.0. The quantitative estimate of drug-likeness (QED) is 0.516. The summed E-state index contributed by atoms with van der Waals surface area (Å²) >= 11 is 6.34. The molecule has 2 N–H and O–H groups in total. The van der Waals surface area contributed by atoms with Crippen LogP contribution in [-0.4, -0.2) is 71.1 Å². The Morgan fingerprint density at radius 3 is 2.75 bits per heavy atom. The van der Waals surface area contributed by atoms with Crippen molar-refractivity contribution in [1.82, 2.24) is 25.1 Å². The molecule has 1 atom stereocenters. The van der Waals surface area contributed by atoms with E-state index in [0.29, 0.717) is 37.7 Å². The van der Waals surface area contributed by atoms with Crippen LogP contribution in [0.15, 0.2) is 30.6 Å². The molecule has 2 fully saturated rings. The normalized spacial score (nSPS) is 22.0. The van der Waals surface area contributed by atoms with Crippen molar-refractivity contribution in [2.45, 2.75) is 37.8 Å². The number of nitrogens with one attached hydrogen (secondary N) is 2. The molecule has 2 saturated heterocycles. The van der Waals surface area contributed by atoms with Crippen LogP contribution in [0.3, 0.4) is 0 Å². The van der Waals surface area contributed by atoms with Gasteiger partial charge in [0.15, 0.2) is 0 Å². The highest BCUT2D eigenvalue weighted by molar-refractivity contribution is 6.35. The maximum Gasteiger partial charge on any atom is 0.320 e. The van der Waals surface area contributed by atoms with Gasteiger partial charge in [0.2, 0.25) is 0 Å². The molecule has 0 spiro atoms. The first-order valence-corrected chi connectivity index (χ1v) is 12.8. The van der Waals surface area contributed by atoms with Crippen molar-refractivity contribution in [1.29, 1.82) is 0 Å². The molecule has 190 valence electrons. The molecule has 3 aliphatic heterocycles. The predicted molar refractivity (Wildman–Crippen MR) is 133 cm³/mol. The topological polar surface area (TPSA) is 73.5 Å². The third kappa shape index (κ3) is 4.44. The van der Waals surface area contributed by atoms with Gasteiger partial charge in [0.05, 0.1) is 24.3 Å². The van der Waals surface area contributed by atoms with Crippen molar-refractivity contribution in [2.75, 3.05) is 39.4 Å². The number of carbonyl (C=O) groups is 1. The van der Waals surface area contributed by atoms with Crippen molar-refractivity contribution in [3.8, 4) is 11.1 Å². The zero-order valence-corrected chi connectivity index (χ0v) is 20.6. The second-order valence-corrected chi connectivity index (χ2v) is 10.2. The molecule has 0 radical (unpaired) electrons. The Bertz CT molecular complexity index is 1300. The smallest absolute Gasteiger partial charge is 0.320 e. The van der Waals surface area contributed by atoms with E-state index >= 15 is 0 Å². The van der Waals surface area contributed by atoms with Crippen LogP contribution in [0, 0.1) is 0 Å². The minimum absolute atomic E-state index is 0.00344. The zero-order valence-electron chi connectivity index (χ0n) is 19.8. The fourth-order valence-corrected chi connectivity index (χ4v) is 5.66. The molecule has 7 nitrogen and oxygen atoms in total. The number of nitrogens with zero attached hydrogens (tertiary/aromatic N) is 3. The van der Waals surface area contributed by atoms with Crippen molar-refractivity contribution in [3.63, 3.8) is 0 Å². The van der Waals surface area contributed by atoms with E-state index in [9.17, 15) is 13.6 Å². The summed E-state index contributed by atoms with van der Waals surface area (Å²) in [6.07, 6.45) is 3.73. The van der Waals surface area contributed by atoms with E-state index in [0.717, 1.165) is 39.8 Å². The molecule has 5 heterocycles. The lowest BCUT2D eigenvalue weighted by Crippen LogP contribution is -2.50. The number of alkyl halides is 2. The van der Waals surface area contributed by atoms with Gasteiger partial charge in [0.25, 0.3) is 5.92 Å². The Labute approximate surface area is 212 Å². The molecule has 0 aliphatic carbocycles. The van der Waals surface area contributed by atoms with E-state index in [1.54, 1.807) is 16.0 Å². The highest BCUT2D eigenvalue weighted by atomic mass is 35.5. The van der Waals surface area contributed by atoms with Crippen LogP contribution in [0.25, 0.3) is 22.2 Å². The number of benzene rings is 1. The maximum atomic E-state index is 13.6. The molecule has 3 aliphatic rings. The van der Waals surface area contributed by atoms with Crippen LogP contribution in [0.1, 0.15) is 35.6 Å². The number of hydrogen-bond donors (Lipinski definition) is 2. The third-order valence-electron chi connectivity index (χ3n) is 7.52. The fraction of sp³-hybridized carbons (Fsp3) is 0.462. The van der Waals surface area contributed by atoms with E-state index in [-0.39, 0.29) is 38.0 Å². The Hall–Kier alpha value is -2.75. The maximum absolute atomic E-state index is 13.6. The van der Waals surface area contributed by atoms with E-state index in [2.05, 4.69) is 27.4 Å². The number of carbonyl (C=O) groups excluding carboxylic acids is 1. The lowest BCUT2D eigenvalue weighted by molar-refractivity contribution is -0.0493. The Morgan fingerprint density at radius 2 is 1.97 bits per heavy atom. The lowest BCUT2D eigenvalue weighted by atomic mass is 9.87. The van der Waals surface area contributed by atoms with Gasteiger partial charge in [-0.3, -0.25) is 0 Å².